The Balaban J connectivity index is 2.32. The van der Waals surface area contributed by atoms with Gasteiger partial charge in [0.1, 0.15) is 5.75 Å². The van der Waals surface area contributed by atoms with E-state index in [1.807, 2.05) is 24.3 Å². The van der Waals surface area contributed by atoms with Crippen LogP contribution in [-0.2, 0) is 0 Å². The van der Waals surface area contributed by atoms with Crippen molar-refractivity contribution in [2.75, 3.05) is 6.61 Å². The number of hydrogen-bond acceptors (Lipinski definition) is 4. The Hall–Kier alpha value is -0.950. The van der Waals surface area contributed by atoms with Crippen LogP contribution in [-0.4, -0.2) is 11.6 Å². The van der Waals surface area contributed by atoms with Crippen LogP contribution in [0.1, 0.15) is 30.5 Å². The molecular weight excluding hydrogens is 398 g/mol. The monoisotopic (exact) mass is 413 g/mol. The van der Waals surface area contributed by atoms with E-state index in [0.29, 0.717) is 6.61 Å². The molecule has 0 saturated carbocycles. The molecule has 1 unspecified atom stereocenters. The number of rotatable bonds is 6. The zero-order chi connectivity index (χ0) is 15.2. The predicted molar refractivity (Wildman–Crippen MR) is 91.0 cm³/mol. The highest BCUT2D eigenvalue weighted by Crippen LogP contribution is 2.31. The van der Waals surface area contributed by atoms with Crippen LogP contribution in [0.15, 0.2) is 45.6 Å². The summed E-state index contributed by atoms with van der Waals surface area (Å²) in [5.74, 6) is 6.50. The lowest BCUT2D eigenvalue weighted by atomic mass is 10.0. The Labute approximate surface area is 141 Å². The maximum atomic E-state index is 5.74. The zero-order valence-electron chi connectivity index (χ0n) is 11.6. The molecule has 112 valence electrons. The number of hydrazine groups is 1. The van der Waals surface area contributed by atoms with Crippen LogP contribution >= 0.6 is 31.9 Å². The van der Waals surface area contributed by atoms with Crippen molar-refractivity contribution in [3.63, 3.8) is 0 Å². The third-order valence-corrected chi connectivity index (χ3v) is 4.16. The molecule has 0 aliphatic heterocycles. The van der Waals surface area contributed by atoms with E-state index in [0.717, 1.165) is 32.2 Å². The second kappa shape index (κ2) is 7.89. The summed E-state index contributed by atoms with van der Waals surface area (Å²) < 4.78 is 7.60. The first-order chi connectivity index (χ1) is 10.2. The van der Waals surface area contributed by atoms with Crippen LogP contribution in [0.3, 0.4) is 0 Å². The summed E-state index contributed by atoms with van der Waals surface area (Å²) in [6.45, 7) is 2.74. The SMILES string of the molecule is CCCOc1cncc(C(NN)c2ccc(Br)cc2Br)c1. The zero-order valence-corrected chi connectivity index (χ0v) is 14.8. The van der Waals surface area contributed by atoms with Crippen molar-refractivity contribution < 1.29 is 4.74 Å². The first-order valence-electron chi connectivity index (χ1n) is 6.64. The summed E-state index contributed by atoms with van der Waals surface area (Å²) in [6.07, 6.45) is 4.46. The van der Waals surface area contributed by atoms with Crippen LogP contribution in [0.5, 0.6) is 5.75 Å². The first-order valence-corrected chi connectivity index (χ1v) is 8.23. The van der Waals surface area contributed by atoms with Gasteiger partial charge in [-0.15, -0.1) is 0 Å². The molecule has 0 aliphatic carbocycles. The van der Waals surface area contributed by atoms with Gasteiger partial charge in [0.25, 0.3) is 0 Å². The summed E-state index contributed by atoms with van der Waals surface area (Å²) in [6, 6.07) is 7.78. The van der Waals surface area contributed by atoms with Gasteiger partial charge in [-0.2, -0.15) is 0 Å². The quantitative estimate of drug-likeness (QED) is 0.555. The van der Waals surface area contributed by atoms with Crippen molar-refractivity contribution in [2.24, 2.45) is 5.84 Å². The highest BCUT2D eigenvalue weighted by Gasteiger charge is 2.16. The molecule has 3 N–H and O–H groups in total. The fraction of sp³-hybridized carbons (Fsp3) is 0.267. The number of aromatic nitrogens is 1. The van der Waals surface area contributed by atoms with Gasteiger partial charge in [0.15, 0.2) is 0 Å². The van der Waals surface area contributed by atoms with Crippen molar-refractivity contribution >= 4 is 31.9 Å². The van der Waals surface area contributed by atoms with Crippen LogP contribution in [0.2, 0.25) is 0 Å². The highest BCUT2D eigenvalue weighted by molar-refractivity contribution is 9.11. The Bertz CT molecular complexity index is 607. The Kier molecular flexibility index (Phi) is 6.17. The maximum absolute atomic E-state index is 5.74. The number of ether oxygens (including phenoxy) is 1. The fourth-order valence-electron chi connectivity index (χ4n) is 1.99. The second-order valence-corrected chi connectivity index (χ2v) is 6.34. The Morgan fingerprint density at radius 1 is 1.29 bits per heavy atom. The Morgan fingerprint density at radius 3 is 2.76 bits per heavy atom. The smallest absolute Gasteiger partial charge is 0.137 e. The maximum Gasteiger partial charge on any atom is 0.137 e. The molecule has 6 heteroatoms. The summed E-state index contributed by atoms with van der Waals surface area (Å²) in [5.41, 5.74) is 4.83. The van der Waals surface area contributed by atoms with Gasteiger partial charge in [0.05, 0.1) is 18.8 Å². The molecule has 21 heavy (non-hydrogen) atoms. The number of benzene rings is 1. The van der Waals surface area contributed by atoms with Crippen molar-refractivity contribution in [2.45, 2.75) is 19.4 Å². The van der Waals surface area contributed by atoms with Crippen LogP contribution < -0.4 is 16.0 Å². The molecule has 1 heterocycles. The molecular formula is C15H17Br2N3O. The van der Waals surface area contributed by atoms with Gasteiger partial charge in [0.2, 0.25) is 0 Å². The molecule has 1 aromatic carbocycles. The van der Waals surface area contributed by atoms with Gasteiger partial charge >= 0.3 is 0 Å². The molecule has 0 saturated heterocycles. The topological polar surface area (TPSA) is 60.2 Å². The largest absolute Gasteiger partial charge is 0.492 e. The first kappa shape index (κ1) is 16.4. The highest BCUT2D eigenvalue weighted by atomic mass is 79.9. The van der Waals surface area contributed by atoms with Gasteiger partial charge in [-0.3, -0.25) is 10.8 Å². The summed E-state index contributed by atoms with van der Waals surface area (Å²) in [4.78, 5) is 4.23. The minimum atomic E-state index is -0.162. The van der Waals surface area contributed by atoms with E-state index in [-0.39, 0.29) is 6.04 Å². The van der Waals surface area contributed by atoms with Crippen molar-refractivity contribution in [3.8, 4) is 5.75 Å². The van der Waals surface area contributed by atoms with E-state index in [1.54, 1.807) is 12.4 Å². The van der Waals surface area contributed by atoms with Crippen LogP contribution in [0, 0.1) is 0 Å². The average Bonchev–Trinajstić information content (AvgIpc) is 2.48. The number of nitrogens with two attached hydrogens (primary N) is 1. The molecule has 0 amide bonds. The third kappa shape index (κ3) is 4.26. The van der Waals surface area contributed by atoms with Gasteiger partial charge in [0, 0.05) is 15.1 Å². The van der Waals surface area contributed by atoms with Gasteiger partial charge < -0.3 is 4.74 Å². The summed E-state index contributed by atoms with van der Waals surface area (Å²) in [5, 5.41) is 0. The molecule has 2 aromatic rings. The van der Waals surface area contributed by atoms with E-state index >= 15 is 0 Å². The van der Waals surface area contributed by atoms with E-state index in [1.165, 1.54) is 0 Å². The second-order valence-electron chi connectivity index (χ2n) is 4.57. The van der Waals surface area contributed by atoms with E-state index < -0.39 is 0 Å². The third-order valence-electron chi connectivity index (χ3n) is 2.98. The lowest BCUT2D eigenvalue weighted by Gasteiger charge is -2.19. The van der Waals surface area contributed by atoms with E-state index in [4.69, 9.17) is 10.6 Å². The molecule has 2 rings (SSSR count). The summed E-state index contributed by atoms with van der Waals surface area (Å²) >= 11 is 7.02. The van der Waals surface area contributed by atoms with Crippen molar-refractivity contribution in [1.82, 2.24) is 10.4 Å². The van der Waals surface area contributed by atoms with E-state index in [9.17, 15) is 0 Å². The van der Waals surface area contributed by atoms with Crippen molar-refractivity contribution in [1.29, 1.82) is 0 Å². The van der Waals surface area contributed by atoms with Crippen molar-refractivity contribution in [3.05, 3.63) is 56.7 Å². The van der Waals surface area contributed by atoms with Gasteiger partial charge in [-0.1, -0.05) is 44.8 Å². The molecule has 0 spiro atoms. The average molecular weight is 415 g/mol. The van der Waals surface area contributed by atoms with Crippen LogP contribution in [0.25, 0.3) is 0 Å². The lowest BCUT2D eigenvalue weighted by Crippen LogP contribution is -2.29. The number of pyridine rings is 1. The van der Waals surface area contributed by atoms with Gasteiger partial charge in [-0.05, 0) is 35.7 Å². The minimum Gasteiger partial charge on any atom is -0.492 e. The normalized spacial score (nSPS) is 12.2. The number of hydrogen-bond donors (Lipinski definition) is 2. The molecule has 4 nitrogen and oxygen atoms in total. The minimum absolute atomic E-state index is 0.162. The van der Waals surface area contributed by atoms with E-state index in [2.05, 4.69) is 49.2 Å². The molecule has 1 aromatic heterocycles. The number of halogens is 2. The standard InChI is InChI=1S/C15H17Br2N3O/c1-2-5-21-12-6-10(8-19-9-12)15(20-18)13-4-3-11(16)7-14(13)17/h3-4,6-9,15,20H,2,5,18H2,1H3. The molecule has 1 atom stereocenters. The van der Waals surface area contributed by atoms with Gasteiger partial charge in [-0.25, -0.2) is 5.43 Å². The predicted octanol–water partition coefficient (Wildman–Crippen LogP) is 3.95. The molecule has 0 aliphatic rings. The lowest BCUT2D eigenvalue weighted by molar-refractivity contribution is 0.315. The molecule has 0 bridgehead atoms. The molecule has 0 radical (unpaired) electrons. The Morgan fingerprint density at radius 2 is 2.10 bits per heavy atom. The number of nitrogens with one attached hydrogen (secondary N) is 1. The van der Waals surface area contributed by atoms with Crippen LogP contribution in [0.4, 0.5) is 0 Å². The fourth-order valence-corrected chi connectivity index (χ4v) is 3.27. The summed E-state index contributed by atoms with van der Waals surface area (Å²) in [7, 11) is 0. The number of nitrogens with zero attached hydrogens (tertiary/aromatic N) is 1. The molecule has 0 fully saturated rings.